The molecule has 0 aliphatic rings. The number of ether oxygens (including phenoxy) is 1. The van der Waals surface area contributed by atoms with Crippen LogP contribution in [0.1, 0.15) is 69.2 Å². The van der Waals surface area contributed by atoms with E-state index in [-0.39, 0.29) is 5.78 Å². The third kappa shape index (κ3) is 6.38. The molecule has 2 aromatic rings. The van der Waals surface area contributed by atoms with Crippen molar-refractivity contribution in [2.24, 2.45) is 0 Å². The second-order valence-corrected chi connectivity index (χ2v) is 6.49. The number of carbonyl (C=O) groups excluding carboxylic acids is 1. The first-order valence-corrected chi connectivity index (χ1v) is 9.61. The first kappa shape index (κ1) is 19.2. The van der Waals surface area contributed by atoms with E-state index in [0.29, 0.717) is 6.42 Å². The Morgan fingerprint density at radius 1 is 0.760 bits per heavy atom. The van der Waals surface area contributed by atoms with Crippen LogP contribution in [0, 0.1) is 0 Å². The summed E-state index contributed by atoms with van der Waals surface area (Å²) in [4.78, 5) is 11.7. The predicted octanol–water partition coefficient (Wildman–Crippen LogP) is 6.69. The van der Waals surface area contributed by atoms with Gasteiger partial charge in [-0.15, -0.1) is 0 Å². The normalized spacial score (nSPS) is 10.6. The van der Waals surface area contributed by atoms with Crippen molar-refractivity contribution in [1.82, 2.24) is 0 Å². The van der Waals surface area contributed by atoms with Gasteiger partial charge in [0.1, 0.15) is 5.75 Å². The molecule has 0 radical (unpaired) electrons. The molecule has 0 atom stereocenters. The second-order valence-electron chi connectivity index (χ2n) is 6.49. The van der Waals surface area contributed by atoms with E-state index in [0.717, 1.165) is 35.5 Å². The highest BCUT2D eigenvalue weighted by atomic mass is 16.5. The van der Waals surface area contributed by atoms with Crippen LogP contribution in [0.25, 0.3) is 11.1 Å². The lowest BCUT2D eigenvalue weighted by Crippen LogP contribution is -1.97. The number of hydrogen-bond acceptors (Lipinski definition) is 2. The zero-order valence-electron chi connectivity index (χ0n) is 15.6. The third-order valence-corrected chi connectivity index (χ3v) is 4.48. The Morgan fingerprint density at radius 3 is 1.92 bits per heavy atom. The van der Waals surface area contributed by atoms with Crippen LogP contribution in [0.3, 0.4) is 0 Å². The summed E-state index contributed by atoms with van der Waals surface area (Å²) >= 11 is 0. The van der Waals surface area contributed by atoms with E-state index in [1.807, 2.05) is 43.3 Å². The molecule has 2 aromatic carbocycles. The van der Waals surface area contributed by atoms with Gasteiger partial charge in [0.15, 0.2) is 5.78 Å². The molecular weight excluding hydrogens is 308 g/mol. The molecule has 2 rings (SSSR count). The van der Waals surface area contributed by atoms with Gasteiger partial charge in [0.05, 0.1) is 6.61 Å². The molecule has 0 heterocycles. The Bertz CT molecular complexity index is 626. The average Bonchev–Trinajstić information content (AvgIpc) is 2.67. The topological polar surface area (TPSA) is 26.3 Å². The van der Waals surface area contributed by atoms with E-state index < -0.39 is 0 Å². The minimum atomic E-state index is 0.185. The van der Waals surface area contributed by atoms with Gasteiger partial charge in [-0.2, -0.15) is 0 Å². The maximum absolute atomic E-state index is 11.7. The van der Waals surface area contributed by atoms with Gasteiger partial charge in [-0.25, -0.2) is 0 Å². The van der Waals surface area contributed by atoms with Crippen LogP contribution in [0.2, 0.25) is 0 Å². The highest BCUT2D eigenvalue weighted by molar-refractivity contribution is 5.96. The van der Waals surface area contributed by atoms with Crippen LogP contribution in [0.4, 0.5) is 0 Å². The van der Waals surface area contributed by atoms with Crippen molar-refractivity contribution in [1.29, 1.82) is 0 Å². The van der Waals surface area contributed by atoms with Crippen molar-refractivity contribution in [3.8, 4) is 16.9 Å². The maximum atomic E-state index is 11.7. The number of rotatable bonds is 11. The first-order valence-electron chi connectivity index (χ1n) is 9.61. The van der Waals surface area contributed by atoms with E-state index in [1.165, 1.54) is 32.1 Å². The Kier molecular flexibility index (Phi) is 8.24. The summed E-state index contributed by atoms with van der Waals surface area (Å²) in [6.45, 7) is 4.92. The minimum absolute atomic E-state index is 0.185. The van der Waals surface area contributed by atoms with Gasteiger partial charge in [0, 0.05) is 12.0 Å². The third-order valence-electron chi connectivity index (χ3n) is 4.48. The molecule has 134 valence electrons. The average molecular weight is 338 g/mol. The fraction of sp³-hybridized carbons (Fsp3) is 0.435. The molecule has 2 nitrogen and oxygen atoms in total. The highest BCUT2D eigenvalue weighted by Crippen LogP contribution is 2.23. The zero-order valence-corrected chi connectivity index (χ0v) is 15.6. The number of carbonyl (C=O) groups is 1. The maximum Gasteiger partial charge on any atom is 0.162 e. The van der Waals surface area contributed by atoms with E-state index in [9.17, 15) is 4.79 Å². The number of hydrogen-bond donors (Lipinski definition) is 0. The molecule has 0 amide bonds. The highest BCUT2D eigenvalue weighted by Gasteiger charge is 2.04. The van der Waals surface area contributed by atoms with Crippen LogP contribution in [-0.4, -0.2) is 12.4 Å². The Morgan fingerprint density at radius 2 is 1.32 bits per heavy atom. The quantitative estimate of drug-likeness (QED) is 0.337. The molecule has 0 aliphatic heterocycles. The fourth-order valence-electron chi connectivity index (χ4n) is 2.87. The fourth-order valence-corrected chi connectivity index (χ4v) is 2.87. The largest absolute Gasteiger partial charge is 0.494 e. The van der Waals surface area contributed by atoms with Crippen molar-refractivity contribution in [2.45, 2.75) is 58.8 Å². The van der Waals surface area contributed by atoms with E-state index in [4.69, 9.17) is 4.74 Å². The molecular formula is C23H30O2. The Hall–Kier alpha value is -2.09. The van der Waals surface area contributed by atoms with Gasteiger partial charge >= 0.3 is 0 Å². The molecule has 2 heteroatoms. The summed E-state index contributed by atoms with van der Waals surface area (Å²) in [6, 6.07) is 16.0. The van der Waals surface area contributed by atoms with E-state index in [2.05, 4.69) is 19.1 Å². The Balaban J connectivity index is 1.80. The lowest BCUT2D eigenvalue weighted by atomic mass is 10.0. The minimum Gasteiger partial charge on any atom is -0.494 e. The molecule has 25 heavy (non-hydrogen) atoms. The van der Waals surface area contributed by atoms with Crippen LogP contribution >= 0.6 is 0 Å². The number of ketones is 1. The van der Waals surface area contributed by atoms with E-state index in [1.54, 1.807) is 0 Å². The van der Waals surface area contributed by atoms with Crippen LogP contribution in [0.15, 0.2) is 48.5 Å². The van der Waals surface area contributed by atoms with Crippen molar-refractivity contribution in [3.63, 3.8) is 0 Å². The summed E-state index contributed by atoms with van der Waals surface area (Å²) in [5, 5.41) is 0. The smallest absolute Gasteiger partial charge is 0.162 e. The van der Waals surface area contributed by atoms with Crippen LogP contribution < -0.4 is 4.74 Å². The van der Waals surface area contributed by atoms with Gasteiger partial charge in [-0.05, 0) is 29.7 Å². The molecule has 0 bridgehead atoms. The summed E-state index contributed by atoms with van der Waals surface area (Å²) in [5.41, 5.74) is 3.04. The molecule has 0 aliphatic carbocycles. The summed E-state index contributed by atoms with van der Waals surface area (Å²) in [7, 11) is 0. The second kappa shape index (κ2) is 10.7. The lowest BCUT2D eigenvalue weighted by molar-refractivity contribution is 0.0988. The van der Waals surface area contributed by atoms with Crippen LogP contribution in [-0.2, 0) is 0 Å². The van der Waals surface area contributed by atoms with Crippen molar-refractivity contribution in [2.75, 3.05) is 6.61 Å². The molecule has 0 fully saturated rings. The van der Waals surface area contributed by atoms with Gasteiger partial charge < -0.3 is 4.74 Å². The molecule has 0 saturated heterocycles. The monoisotopic (exact) mass is 338 g/mol. The van der Waals surface area contributed by atoms with Gasteiger partial charge in [0.2, 0.25) is 0 Å². The zero-order chi connectivity index (χ0) is 17.9. The van der Waals surface area contributed by atoms with Crippen molar-refractivity contribution in [3.05, 3.63) is 54.1 Å². The van der Waals surface area contributed by atoms with Gasteiger partial charge in [-0.3, -0.25) is 4.79 Å². The number of benzene rings is 2. The van der Waals surface area contributed by atoms with Crippen LogP contribution in [0.5, 0.6) is 5.75 Å². The molecule has 0 saturated carbocycles. The predicted molar refractivity (Wildman–Crippen MR) is 105 cm³/mol. The molecule has 0 aromatic heterocycles. The van der Waals surface area contributed by atoms with Gasteiger partial charge in [0.25, 0.3) is 0 Å². The molecule has 0 spiro atoms. The van der Waals surface area contributed by atoms with Crippen molar-refractivity contribution >= 4 is 5.78 Å². The standard InChI is InChI=1S/C23H30O2/c1-3-5-6-7-8-9-18-25-22-16-14-20(15-17-22)19-10-12-21(13-11-19)23(24)4-2/h10-17H,3-9,18H2,1-2H3. The Labute approximate surface area is 152 Å². The van der Waals surface area contributed by atoms with Crippen molar-refractivity contribution < 1.29 is 9.53 Å². The lowest BCUT2D eigenvalue weighted by Gasteiger charge is -2.08. The SMILES string of the molecule is CCCCCCCCOc1ccc(-c2ccc(C(=O)CC)cc2)cc1. The summed E-state index contributed by atoms with van der Waals surface area (Å²) in [5.74, 6) is 1.11. The summed E-state index contributed by atoms with van der Waals surface area (Å²) in [6.07, 6.45) is 8.21. The first-order chi connectivity index (χ1) is 12.2. The number of Topliss-reactive ketones (excluding diaryl/α,β-unsaturated/α-hetero) is 1. The summed E-state index contributed by atoms with van der Waals surface area (Å²) < 4.78 is 5.82. The van der Waals surface area contributed by atoms with E-state index >= 15 is 0 Å². The van der Waals surface area contributed by atoms with Gasteiger partial charge in [-0.1, -0.05) is 82.3 Å². The molecule has 0 N–H and O–H groups in total. The number of unbranched alkanes of at least 4 members (excludes halogenated alkanes) is 5. The molecule has 0 unspecified atom stereocenters.